The van der Waals surface area contributed by atoms with E-state index in [9.17, 15) is 8.78 Å². The van der Waals surface area contributed by atoms with E-state index in [1.807, 2.05) is 0 Å². The molecule has 0 unspecified atom stereocenters. The summed E-state index contributed by atoms with van der Waals surface area (Å²) in [6.07, 6.45) is 0. The van der Waals surface area contributed by atoms with E-state index in [1.54, 1.807) is 0 Å². The van der Waals surface area contributed by atoms with Crippen molar-refractivity contribution in [3.63, 3.8) is 0 Å². The minimum Gasteiger partial charge on any atom is -0.207 e. The van der Waals surface area contributed by atoms with E-state index < -0.39 is 11.6 Å². The number of halogens is 4. The smallest absolute Gasteiger partial charge is 0.141 e. The van der Waals surface area contributed by atoms with Crippen LogP contribution in [0.4, 0.5) is 8.78 Å². The van der Waals surface area contributed by atoms with Crippen molar-refractivity contribution in [1.82, 2.24) is 0 Å². The second kappa shape index (κ2) is 3.74. The van der Waals surface area contributed by atoms with Gasteiger partial charge in [0.1, 0.15) is 11.6 Å². The Labute approximate surface area is 68.2 Å². The third kappa shape index (κ3) is 2.12. The molecule has 0 saturated carbocycles. The van der Waals surface area contributed by atoms with Crippen molar-refractivity contribution >= 4 is 24.0 Å². The average Bonchev–Trinajstić information content (AvgIpc) is 1.80. The Morgan fingerprint density at radius 2 is 1.80 bits per heavy atom. The maximum absolute atomic E-state index is 12.2. The Hall–Kier alpha value is -0.340. The van der Waals surface area contributed by atoms with E-state index in [-0.39, 0.29) is 17.4 Å². The zero-order valence-electron chi connectivity index (χ0n) is 4.77. The van der Waals surface area contributed by atoms with Crippen LogP contribution < -0.4 is 0 Å². The van der Waals surface area contributed by atoms with Gasteiger partial charge in [0.25, 0.3) is 0 Å². The lowest BCUT2D eigenvalue weighted by atomic mass is 10.3. The molecule has 0 heterocycles. The van der Waals surface area contributed by atoms with Crippen LogP contribution in [0.5, 0.6) is 0 Å². The van der Waals surface area contributed by atoms with Gasteiger partial charge in [0.2, 0.25) is 0 Å². The van der Waals surface area contributed by atoms with Crippen LogP contribution >= 0.6 is 24.0 Å². The molecule has 56 valence electrons. The summed E-state index contributed by atoms with van der Waals surface area (Å²) in [5.74, 6) is -1.13. The lowest BCUT2D eigenvalue weighted by Crippen LogP contribution is -1.77. The van der Waals surface area contributed by atoms with Crippen LogP contribution in [-0.2, 0) is 0 Å². The summed E-state index contributed by atoms with van der Waals surface area (Å²) in [6, 6.07) is 2.93. The van der Waals surface area contributed by atoms with Crippen LogP contribution in [-0.4, -0.2) is 0 Å². The van der Waals surface area contributed by atoms with E-state index in [0.717, 1.165) is 18.2 Å². The Balaban J connectivity index is 0.000000810. The van der Waals surface area contributed by atoms with Gasteiger partial charge in [0.05, 0.1) is 5.02 Å². The van der Waals surface area contributed by atoms with Crippen LogP contribution in [0.2, 0.25) is 5.02 Å². The lowest BCUT2D eigenvalue weighted by Gasteiger charge is -1.90. The molecule has 0 nitrogen and oxygen atoms in total. The molecule has 0 aliphatic rings. The average molecular weight is 185 g/mol. The highest BCUT2D eigenvalue weighted by molar-refractivity contribution is 6.30. The molecule has 1 rings (SSSR count). The summed E-state index contributed by atoms with van der Waals surface area (Å²) in [4.78, 5) is 0. The molecule has 0 bridgehead atoms. The number of hydrogen-bond acceptors (Lipinski definition) is 0. The fourth-order valence-electron chi connectivity index (χ4n) is 0.470. The molecule has 0 fully saturated rings. The van der Waals surface area contributed by atoms with Gasteiger partial charge < -0.3 is 0 Å². The molecule has 4 heteroatoms. The molecule has 0 amide bonds. The molecule has 0 atom stereocenters. The standard InChI is InChI=1S/C6H3ClF2.ClH/c7-5-3-4(8)1-2-6(5)9;/h1-3H;1H. The lowest BCUT2D eigenvalue weighted by molar-refractivity contribution is 0.600. The SMILES string of the molecule is Cl.Fc1ccc(F)c(Cl)c1. The molecule has 0 saturated heterocycles. The van der Waals surface area contributed by atoms with Crippen LogP contribution in [0, 0.1) is 11.6 Å². The predicted octanol–water partition coefficient (Wildman–Crippen LogP) is 3.04. The first-order valence-electron chi connectivity index (χ1n) is 2.30. The summed E-state index contributed by atoms with van der Waals surface area (Å²) >= 11 is 5.20. The van der Waals surface area contributed by atoms with E-state index in [0.29, 0.717) is 0 Å². The summed E-state index contributed by atoms with van der Waals surface area (Å²) in [5, 5.41) is -0.185. The van der Waals surface area contributed by atoms with Gasteiger partial charge >= 0.3 is 0 Å². The molecule has 1 aromatic rings. The molecule has 1 aromatic carbocycles. The quantitative estimate of drug-likeness (QED) is 0.545. The van der Waals surface area contributed by atoms with Gasteiger partial charge in [-0.25, -0.2) is 8.78 Å². The molecule has 0 N–H and O–H groups in total. The molecule has 0 spiro atoms. The second-order valence-electron chi connectivity index (χ2n) is 1.56. The molecule has 0 aliphatic carbocycles. The number of rotatable bonds is 0. The van der Waals surface area contributed by atoms with Gasteiger partial charge in [-0.2, -0.15) is 0 Å². The third-order valence-electron chi connectivity index (χ3n) is 0.882. The topological polar surface area (TPSA) is 0 Å². The van der Waals surface area contributed by atoms with Gasteiger partial charge in [-0.1, -0.05) is 11.6 Å². The van der Waals surface area contributed by atoms with Crippen LogP contribution in [0.1, 0.15) is 0 Å². The highest BCUT2D eigenvalue weighted by Crippen LogP contribution is 2.14. The highest BCUT2D eigenvalue weighted by atomic mass is 35.5. The van der Waals surface area contributed by atoms with E-state index >= 15 is 0 Å². The largest absolute Gasteiger partial charge is 0.207 e. The minimum atomic E-state index is -0.599. The van der Waals surface area contributed by atoms with Gasteiger partial charge in [-0.05, 0) is 18.2 Å². The maximum atomic E-state index is 12.2. The van der Waals surface area contributed by atoms with Gasteiger partial charge in [-0.15, -0.1) is 12.4 Å². The molecule has 0 aliphatic heterocycles. The fourth-order valence-corrected chi connectivity index (χ4v) is 0.638. The van der Waals surface area contributed by atoms with Crippen LogP contribution in [0.25, 0.3) is 0 Å². The van der Waals surface area contributed by atoms with E-state index in [2.05, 4.69) is 0 Å². The zero-order chi connectivity index (χ0) is 6.85. The van der Waals surface area contributed by atoms with Crippen molar-refractivity contribution in [3.05, 3.63) is 34.9 Å². The Morgan fingerprint density at radius 3 is 2.20 bits per heavy atom. The summed E-state index contributed by atoms with van der Waals surface area (Å²) in [7, 11) is 0. The monoisotopic (exact) mass is 184 g/mol. The number of benzene rings is 1. The molecule has 0 radical (unpaired) electrons. The zero-order valence-corrected chi connectivity index (χ0v) is 6.35. The number of hydrogen-bond donors (Lipinski definition) is 0. The summed E-state index contributed by atoms with van der Waals surface area (Å²) in [5.41, 5.74) is 0. The normalized spacial score (nSPS) is 8.70. The molecular formula is C6H4Cl2F2. The van der Waals surface area contributed by atoms with E-state index in [1.165, 1.54) is 0 Å². The van der Waals surface area contributed by atoms with Gasteiger partial charge in [-0.3, -0.25) is 0 Å². The minimum absolute atomic E-state index is 0. The summed E-state index contributed by atoms with van der Waals surface area (Å²) in [6.45, 7) is 0. The van der Waals surface area contributed by atoms with Crippen LogP contribution in [0.3, 0.4) is 0 Å². The maximum Gasteiger partial charge on any atom is 0.141 e. The summed E-state index contributed by atoms with van der Waals surface area (Å²) < 4.78 is 24.3. The Kier molecular flexibility index (Phi) is 3.61. The first-order valence-corrected chi connectivity index (χ1v) is 2.68. The predicted molar refractivity (Wildman–Crippen MR) is 38.6 cm³/mol. The third-order valence-corrected chi connectivity index (χ3v) is 1.17. The molecule has 0 aromatic heterocycles. The van der Waals surface area contributed by atoms with Crippen LogP contribution in [0.15, 0.2) is 18.2 Å². The van der Waals surface area contributed by atoms with E-state index in [4.69, 9.17) is 11.6 Å². The molecule has 10 heavy (non-hydrogen) atoms. The highest BCUT2D eigenvalue weighted by Gasteiger charge is 1.97. The van der Waals surface area contributed by atoms with Crippen molar-refractivity contribution < 1.29 is 8.78 Å². The van der Waals surface area contributed by atoms with Crippen molar-refractivity contribution in [3.8, 4) is 0 Å². The van der Waals surface area contributed by atoms with Crippen molar-refractivity contribution in [2.75, 3.05) is 0 Å². The second-order valence-corrected chi connectivity index (χ2v) is 1.97. The molecular weight excluding hydrogens is 181 g/mol. The van der Waals surface area contributed by atoms with Crippen molar-refractivity contribution in [2.45, 2.75) is 0 Å². The van der Waals surface area contributed by atoms with Gasteiger partial charge in [0.15, 0.2) is 0 Å². The Morgan fingerprint density at radius 1 is 1.20 bits per heavy atom. The first kappa shape index (κ1) is 9.66. The van der Waals surface area contributed by atoms with Gasteiger partial charge in [0, 0.05) is 0 Å². The first-order chi connectivity index (χ1) is 4.20. The van der Waals surface area contributed by atoms with Crippen molar-refractivity contribution in [1.29, 1.82) is 0 Å². The fraction of sp³-hybridized carbons (Fsp3) is 0. The van der Waals surface area contributed by atoms with Crippen molar-refractivity contribution in [2.24, 2.45) is 0 Å². The Bertz CT molecular complexity index is 225.